The van der Waals surface area contributed by atoms with Crippen LogP contribution < -0.4 is 10.2 Å². The van der Waals surface area contributed by atoms with Gasteiger partial charge in [-0.2, -0.15) is 5.10 Å². The molecule has 1 aliphatic heterocycles. The van der Waals surface area contributed by atoms with Crippen molar-refractivity contribution >= 4 is 11.7 Å². The third-order valence-corrected chi connectivity index (χ3v) is 4.75. The Morgan fingerprint density at radius 1 is 1.25 bits per heavy atom. The summed E-state index contributed by atoms with van der Waals surface area (Å²) >= 11 is 0. The van der Waals surface area contributed by atoms with E-state index in [9.17, 15) is 4.79 Å². The molecule has 3 heterocycles. The van der Waals surface area contributed by atoms with E-state index in [1.54, 1.807) is 12.3 Å². The molecule has 1 N–H and O–H groups in total. The van der Waals surface area contributed by atoms with Crippen molar-refractivity contribution in [2.45, 2.75) is 44.6 Å². The van der Waals surface area contributed by atoms with Crippen LogP contribution in [0.1, 0.15) is 53.4 Å². The normalized spacial score (nSPS) is 20.9. The maximum atomic E-state index is 12.6. The van der Waals surface area contributed by atoms with E-state index in [1.165, 1.54) is 0 Å². The van der Waals surface area contributed by atoms with Crippen LogP contribution >= 0.6 is 0 Å². The van der Waals surface area contributed by atoms with Gasteiger partial charge in [-0.3, -0.25) is 4.79 Å². The van der Waals surface area contributed by atoms with Crippen LogP contribution in [0.2, 0.25) is 0 Å². The zero-order valence-electron chi connectivity index (χ0n) is 13.9. The van der Waals surface area contributed by atoms with Crippen molar-refractivity contribution in [2.24, 2.45) is 0 Å². The van der Waals surface area contributed by atoms with E-state index in [2.05, 4.69) is 20.4 Å². The topological polar surface area (TPSA) is 71.3 Å². The fraction of sp³-hybridized carbons (Fsp3) is 0.500. The zero-order valence-corrected chi connectivity index (χ0v) is 13.9. The summed E-state index contributed by atoms with van der Waals surface area (Å²) in [6.07, 6.45) is 5.88. The van der Waals surface area contributed by atoms with Crippen molar-refractivity contribution in [1.29, 1.82) is 0 Å². The second kappa shape index (κ2) is 6.26. The number of amides is 1. The number of nitrogens with zero attached hydrogens (tertiary/aromatic N) is 3. The number of carbonyl (C=O) groups excluding carboxylic acids is 1. The van der Waals surface area contributed by atoms with Gasteiger partial charge in [0.2, 0.25) is 0 Å². The van der Waals surface area contributed by atoms with Crippen LogP contribution in [-0.2, 0) is 0 Å². The van der Waals surface area contributed by atoms with Crippen molar-refractivity contribution in [3.05, 3.63) is 41.5 Å². The first-order valence-corrected chi connectivity index (χ1v) is 8.64. The van der Waals surface area contributed by atoms with E-state index < -0.39 is 0 Å². The minimum atomic E-state index is -0.0208. The van der Waals surface area contributed by atoms with Gasteiger partial charge in [0.25, 0.3) is 5.91 Å². The summed E-state index contributed by atoms with van der Waals surface area (Å²) in [7, 11) is 0. The Bertz CT molecular complexity index is 721. The summed E-state index contributed by atoms with van der Waals surface area (Å²) in [5.74, 6) is 2.14. The highest BCUT2D eigenvalue weighted by molar-refractivity contribution is 5.95. The Labute approximate surface area is 141 Å². The lowest BCUT2D eigenvalue weighted by atomic mass is 10.0. The Morgan fingerprint density at radius 3 is 2.88 bits per heavy atom. The van der Waals surface area contributed by atoms with Crippen molar-refractivity contribution in [2.75, 3.05) is 18.0 Å². The minimum absolute atomic E-state index is 0.0208. The molecule has 1 saturated carbocycles. The van der Waals surface area contributed by atoms with Gasteiger partial charge in [0.05, 0.1) is 17.5 Å². The van der Waals surface area contributed by atoms with Crippen LogP contribution in [0.5, 0.6) is 0 Å². The first-order valence-electron chi connectivity index (χ1n) is 8.64. The lowest BCUT2D eigenvalue weighted by molar-refractivity contribution is 0.0931. The molecule has 1 atom stereocenters. The van der Waals surface area contributed by atoms with Crippen molar-refractivity contribution in [3.8, 4) is 0 Å². The number of nitrogens with one attached hydrogen (secondary N) is 1. The molecular formula is C18H22N4O2. The maximum Gasteiger partial charge on any atom is 0.255 e. The molecule has 2 aliphatic rings. The van der Waals surface area contributed by atoms with Gasteiger partial charge in [-0.05, 0) is 50.8 Å². The largest absolute Gasteiger partial charge is 0.468 e. The number of aromatic nitrogens is 2. The molecule has 24 heavy (non-hydrogen) atoms. The molecule has 1 saturated heterocycles. The van der Waals surface area contributed by atoms with Gasteiger partial charge in [-0.1, -0.05) is 0 Å². The van der Waals surface area contributed by atoms with E-state index in [-0.39, 0.29) is 11.9 Å². The van der Waals surface area contributed by atoms with E-state index in [4.69, 9.17) is 4.42 Å². The molecule has 4 rings (SSSR count). The second-order valence-electron chi connectivity index (χ2n) is 6.76. The third kappa shape index (κ3) is 3.13. The van der Waals surface area contributed by atoms with Crippen LogP contribution in [0.4, 0.5) is 5.82 Å². The lowest BCUT2D eigenvalue weighted by Crippen LogP contribution is -2.48. The van der Waals surface area contributed by atoms with E-state index in [0.717, 1.165) is 56.0 Å². The highest BCUT2D eigenvalue weighted by Crippen LogP contribution is 2.42. The molecule has 126 valence electrons. The van der Waals surface area contributed by atoms with Crippen LogP contribution in [0.15, 0.2) is 28.9 Å². The number of rotatable bonds is 4. The summed E-state index contributed by atoms with van der Waals surface area (Å²) in [5, 5.41) is 11.6. The van der Waals surface area contributed by atoms with E-state index in [0.29, 0.717) is 11.5 Å². The minimum Gasteiger partial charge on any atom is -0.468 e. The Hall–Kier alpha value is -2.37. The summed E-state index contributed by atoms with van der Waals surface area (Å²) in [6.45, 7) is 3.64. The average Bonchev–Trinajstić information content (AvgIpc) is 3.32. The average molecular weight is 326 g/mol. The predicted molar refractivity (Wildman–Crippen MR) is 90.2 cm³/mol. The summed E-state index contributed by atoms with van der Waals surface area (Å²) in [4.78, 5) is 14.8. The van der Waals surface area contributed by atoms with Crippen LogP contribution in [-0.4, -0.2) is 35.2 Å². The molecule has 6 nitrogen and oxygen atoms in total. The van der Waals surface area contributed by atoms with Crippen LogP contribution in [0.3, 0.4) is 0 Å². The molecule has 0 spiro atoms. The number of hydrogen-bond acceptors (Lipinski definition) is 5. The maximum absolute atomic E-state index is 12.6. The summed E-state index contributed by atoms with van der Waals surface area (Å²) in [5.41, 5.74) is 1.61. The molecule has 6 heteroatoms. The number of furan rings is 1. The lowest BCUT2D eigenvalue weighted by Gasteiger charge is -2.33. The molecule has 1 amide bonds. The van der Waals surface area contributed by atoms with E-state index >= 15 is 0 Å². The third-order valence-electron chi connectivity index (χ3n) is 4.75. The highest BCUT2D eigenvalue weighted by atomic mass is 16.3. The molecule has 0 unspecified atom stereocenters. The molecule has 2 fully saturated rings. The molecule has 0 bridgehead atoms. The SMILES string of the molecule is Cc1ccc(N2CCC[C@H](NC(=O)c3ccoc3C3CC3)C2)nn1. The molecule has 2 aromatic rings. The van der Waals surface area contributed by atoms with Gasteiger partial charge in [-0.15, -0.1) is 5.10 Å². The van der Waals surface area contributed by atoms with Gasteiger partial charge in [0.15, 0.2) is 5.82 Å². The predicted octanol–water partition coefficient (Wildman–Crippen LogP) is 2.65. The van der Waals surface area contributed by atoms with Crippen molar-refractivity contribution in [1.82, 2.24) is 15.5 Å². The number of carbonyl (C=O) groups is 1. The van der Waals surface area contributed by atoms with Gasteiger partial charge in [0.1, 0.15) is 5.76 Å². The fourth-order valence-electron chi connectivity index (χ4n) is 3.30. The first-order chi connectivity index (χ1) is 11.7. The number of piperidine rings is 1. The number of aryl methyl sites for hydroxylation is 1. The van der Waals surface area contributed by atoms with Crippen LogP contribution in [0.25, 0.3) is 0 Å². The smallest absolute Gasteiger partial charge is 0.255 e. The molecule has 0 aromatic carbocycles. The van der Waals surface area contributed by atoms with E-state index in [1.807, 2.05) is 19.1 Å². The van der Waals surface area contributed by atoms with Crippen LogP contribution in [0, 0.1) is 6.92 Å². The first kappa shape index (κ1) is 15.2. The molecule has 0 radical (unpaired) electrons. The van der Waals surface area contributed by atoms with Gasteiger partial charge in [-0.25, -0.2) is 0 Å². The van der Waals surface area contributed by atoms with Gasteiger partial charge >= 0.3 is 0 Å². The summed E-state index contributed by atoms with van der Waals surface area (Å²) in [6, 6.07) is 5.87. The van der Waals surface area contributed by atoms with Gasteiger partial charge < -0.3 is 14.6 Å². The monoisotopic (exact) mass is 326 g/mol. The Morgan fingerprint density at radius 2 is 2.12 bits per heavy atom. The Balaban J connectivity index is 1.41. The van der Waals surface area contributed by atoms with Gasteiger partial charge in [0, 0.05) is 25.0 Å². The standard InChI is InChI=1S/C18H22N4O2/c1-12-4-7-16(21-20-12)22-9-2-3-14(11-22)19-18(23)15-8-10-24-17(15)13-5-6-13/h4,7-8,10,13-14H,2-3,5-6,9,11H2,1H3,(H,19,23)/t14-/m0/s1. The quantitative estimate of drug-likeness (QED) is 0.935. The number of hydrogen-bond donors (Lipinski definition) is 1. The fourth-order valence-corrected chi connectivity index (χ4v) is 3.30. The molecule has 1 aliphatic carbocycles. The highest BCUT2D eigenvalue weighted by Gasteiger charge is 2.32. The summed E-state index contributed by atoms with van der Waals surface area (Å²) < 4.78 is 5.51. The second-order valence-corrected chi connectivity index (χ2v) is 6.76. The molecular weight excluding hydrogens is 304 g/mol. The zero-order chi connectivity index (χ0) is 16.5. The van der Waals surface area contributed by atoms with Crippen molar-refractivity contribution in [3.63, 3.8) is 0 Å². The molecule has 2 aromatic heterocycles. The Kier molecular flexibility index (Phi) is 3.96. The number of anilines is 1. The van der Waals surface area contributed by atoms with Crippen molar-refractivity contribution < 1.29 is 9.21 Å².